The fraction of sp³-hybridized carbons (Fsp3) is 0.417. The molecule has 1 aromatic carbocycles. The van der Waals surface area contributed by atoms with Gasteiger partial charge in [-0.05, 0) is 24.6 Å². The topological polar surface area (TPSA) is 53.0 Å². The number of halogens is 1. The van der Waals surface area contributed by atoms with Crippen molar-refractivity contribution in [2.24, 2.45) is 5.73 Å². The molecule has 1 unspecified atom stereocenters. The summed E-state index contributed by atoms with van der Waals surface area (Å²) in [5, 5.41) is 8.46. The zero-order chi connectivity index (χ0) is 12.1. The number of benzene rings is 1. The lowest BCUT2D eigenvalue weighted by Crippen LogP contribution is -2.19. The van der Waals surface area contributed by atoms with Gasteiger partial charge in [0.15, 0.2) is 0 Å². The average molecular weight is 221 g/mol. The number of nitriles is 1. The highest BCUT2D eigenvalue weighted by Gasteiger charge is 2.09. The second kappa shape index (κ2) is 5.47. The molecule has 1 rings (SSSR count). The molecule has 0 aliphatic carbocycles. The molecule has 0 aromatic heterocycles. The highest BCUT2D eigenvalue weighted by molar-refractivity contribution is 5.48. The molecule has 0 bridgehead atoms. The molecule has 0 saturated heterocycles. The molecule has 1 atom stereocenters. The number of hydrogen-bond acceptors (Lipinski definition) is 3. The molecule has 16 heavy (non-hydrogen) atoms. The van der Waals surface area contributed by atoms with Crippen LogP contribution in [0.2, 0.25) is 0 Å². The molecule has 0 amide bonds. The lowest BCUT2D eigenvalue weighted by molar-refractivity contribution is 0.617. The van der Waals surface area contributed by atoms with Gasteiger partial charge in [0.25, 0.3) is 0 Å². The normalized spacial score (nSPS) is 11.9. The summed E-state index contributed by atoms with van der Waals surface area (Å²) in [6.45, 7) is 2.33. The maximum Gasteiger partial charge on any atom is 0.146 e. The van der Waals surface area contributed by atoms with Crippen LogP contribution in [0, 0.1) is 17.1 Å². The molecular formula is C12H16FN3. The highest BCUT2D eigenvalue weighted by atomic mass is 19.1. The predicted molar refractivity (Wildman–Crippen MR) is 62.5 cm³/mol. The zero-order valence-corrected chi connectivity index (χ0v) is 9.57. The van der Waals surface area contributed by atoms with Crippen LogP contribution in [0.15, 0.2) is 18.2 Å². The van der Waals surface area contributed by atoms with Gasteiger partial charge in [0.1, 0.15) is 5.82 Å². The molecule has 86 valence electrons. The van der Waals surface area contributed by atoms with E-state index in [0.29, 0.717) is 18.7 Å². The van der Waals surface area contributed by atoms with Gasteiger partial charge in [0.2, 0.25) is 0 Å². The molecule has 0 aliphatic rings. The van der Waals surface area contributed by atoms with Gasteiger partial charge >= 0.3 is 0 Å². The quantitative estimate of drug-likeness (QED) is 0.848. The summed E-state index contributed by atoms with van der Waals surface area (Å²) in [7, 11) is 1.77. The third-order valence-electron chi connectivity index (χ3n) is 2.47. The van der Waals surface area contributed by atoms with E-state index in [0.717, 1.165) is 5.56 Å². The third kappa shape index (κ3) is 2.94. The maximum absolute atomic E-state index is 13.7. The molecule has 1 aromatic rings. The third-order valence-corrected chi connectivity index (χ3v) is 2.47. The molecule has 0 fully saturated rings. The Morgan fingerprint density at radius 1 is 1.56 bits per heavy atom. The molecule has 0 heterocycles. The van der Waals surface area contributed by atoms with Crippen molar-refractivity contribution in [2.45, 2.75) is 19.4 Å². The van der Waals surface area contributed by atoms with Crippen LogP contribution in [-0.4, -0.2) is 13.6 Å². The van der Waals surface area contributed by atoms with Crippen LogP contribution in [0.25, 0.3) is 0 Å². The molecule has 3 nitrogen and oxygen atoms in total. The fourth-order valence-corrected chi connectivity index (χ4v) is 1.45. The Kier molecular flexibility index (Phi) is 4.27. The van der Waals surface area contributed by atoms with E-state index >= 15 is 0 Å². The van der Waals surface area contributed by atoms with E-state index in [2.05, 4.69) is 0 Å². The number of nitrogens with two attached hydrogens (primary N) is 1. The van der Waals surface area contributed by atoms with E-state index in [1.165, 1.54) is 6.07 Å². The SMILES string of the molecule is CC(N)c1ccc(N(C)CCC#N)c(F)c1. The first-order chi connectivity index (χ1) is 7.56. The summed E-state index contributed by atoms with van der Waals surface area (Å²) in [4.78, 5) is 1.73. The first-order valence-corrected chi connectivity index (χ1v) is 5.19. The van der Waals surface area contributed by atoms with Crippen LogP contribution in [0.5, 0.6) is 0 Å². The Bertz CT molecular complexity index is 396. The van der Waals surface area contributed by atoms with Gasteiger partial charge in [-0.1, -0.05) is 6.07 Å². The number of nitrogens with zero attached hydrogens (tertiary/aromatic N) is 2. The van der Waals surface area contributed by atoms with E-state index in [1.54, 1.807) is 18.0 Å². The molecule has 0 radical (unpaired) electrons. The molecule has 0 spiro atoms. The lowest BCUT2D eigenvalue weighted by atomic mass is 10.1. The lowest BCUT2D eigenvalue weighted by Gasteiger charge is -2.19. The smallest absolute Gasteiger partial charge is 0.146 e. The Hall–Kier alpha value is -1.60. The van der Waals surface area contributed by atoms with Crippen LogP contribution < -0.4 is 10.6 Å². The van der Waals surface area contributed by atoms with Crippen molar-refractivity contribution < 1.29 is 4.39 Å². The predicted octanol–water partition coefficient (Wildman–Crippen LogP) is 2.20. The number of hydrogen-bond donors (Lipinski definition) is 1. The van der Waals surface area contributed by atoms with E-state index in [1.807, 2.05) is 19.1 Å². The van der Waals surface area contributed by atoms with Gasteiger partial charge in [0.05, 0.1) is 18.2 Å². The van der Waals surface area contributed by atoms with Crippen molar-refractivity contribution in [3.05, 3.63) is 29.6 Å². The summed E-state index contributed by atoms with van der Waals surface area (Å²) in [6.07, 6.45) is 0.380. The van der Waals surface area contributed by atoms with Crippen molar-refractivity contribution in [1.29, 1.82) is 5.26 Å². The van der Waals surface area contributed by atoms with Crippen LogP contribution in [0.1, 0.15) is 24.9 Å². The van der Waals surface area contributed by atoms with Crippen LogP contribution >= 0.6 is 0 Å². The van der Waals surface area contributed by atoms with Crippen molar-refractivity contribution in [1.82, 2.24) is 0 Å². The Morgan fingerprint density at radius 3 is 2.75 bits per heavy atom. The van der Waals surface area contributed by atoms with Gasteiger partial charge in [-0.25, -0.2) is 4.39 Å². The summed E-state index contributed by atoms with van der Waals surface area (Å²) in [6, 6.07) is 6.82. The first-order valence-electron chi connectivity index (χ1n) is 5.19. The Morgan fingerprint density at radius 2 is 2.25 bits per heavy atom. The second-order valence-corrected chi connectivity index (χ2v) is 3.83. The fourth-order valence-electron chi connectivity index (χ4n) is 1.45. The van der Waals surface area contributed by atoms with Crippen molar-refractivity contribution in [3.63, 3.8) is 0 Å². The largest absolute Gasteiger partial charge is 0.371 e. The van der Waals surface area contributed by atoms with Crippen LogP contribution in [0.4, 0.5) is 10.1 Å². The Balaban J connectivity index is 2.86. The van der Waals surface area contributed by atoms with Gasteiger partial charge in [-0.2, -0.15) is 5.26 Å². The molecule has 2 N–H and O–H groups in total. The number of anilines is 1. The maximum atomic E-state index is 13.7. The summed E-state index contributed by atoms with van der Waals surface area (Å²) in [5.74, 6) is -0.296. The van der Waals surface area contributed by atoms with Gasteiger partial charge in [0, 0.05) is 19.6 Å². The summed E-state index contributed by atoms with van der Waals surface area (Å²) < 4.78 is 13.7. The van der Waals surface area contributed by atoms with Crippen molar-refractivity contribution >= 4 is 5.69 Å². The van der Waals surface area contributed by atoms with E-state index in [9.17, 15) is 4.39 Å². The van der Waals surface area contributed by atoms with E-state index in [-0.39, 0.29) is 11.9 Å². The summed E-state index contributed by atoms with van der Waals surface area (Å²) >= 11 is 0. The Labute approximate surface area is 95.3 Å². The van der Waals surface area contributed by atoms with Gasteiger partial charge in [-0.15, -0.1) is 0 Å². The van der Waals surface area contributed by atoms with Gasteiger partial charge < -0.3 is 10.6 Å². The molecule has 0 saturated carbocycles. The molecule has 0 aliphatic heterocycles. The number of rotatable bonds is 4. The van der Waals surface area contributed by atoms with E-state index < -0.39 is 0 Å². The van der Waals surface area contributed by atoms with Crippen molar-refractivity contribution in [3.8, 4) is 6.07 Å². The second-order valence-electron chi connectivity index (χ2n) is 3.83. The standard InChI is InChI=1S/C12H16FN3/c1-9(15)10-4-5-12(11(13)8-10)16(2)7-3-6-14/h4-5,8-9H,3,7,15H2,1-2H3. The minimum Gasteiger partial charge on any atom is -0.371 e. The molecule has 4 heteroatoms. The minimum absolute atomic E-state index is 0.173. The average Bonchev–Trinajstić information content (AvgIpc) is 2.25. The van der Waals surface area contributed by atoms with E-state index in [4.69, 9.17) is 11.0 Å². The van der Waals surface area contributed by atoms with Crippen LogP contribution in [0.3, 0.4) is 0 Å². The van der Waals surface area contributed by atoms with Crippen molar-refractivity contribution in [2.75, 3.05) is 18.5 Å². The summed E-state index contributed by atoms with van der Waals surface area (Å²) in [5.41, 5.74) is 6.94. The minimum atomic E-state index is -0.296. The van der Waals surface area contributed by atoms with Gasteiger partial charge in [-0.3, -0.25) is 0 Å². The zero-order valence-electron chi connectivity index (χ0n) is 9.57. The molecular weight excluding hydrogens is 205 g/mol. The monoisotopic (exact) mass is 221 g/mol. The highest BCUT2D eigenvalue weighted by Crippen LogP contribution is 2.21. The van der Waals surface area contributed by atoms with Crippen LogP contribution in [-0.2, 0) is 0 Å². The first kappa shape index (κ1) is 12.5.